The van der Waals surface area contributed by atoms with Crippen molar-refractivity contribution in [2.75, 3.05) is 6.54 Å². The van der Waals surface area contributed by atoms with Gasteiger partial charge in [0.05, 0.1) is 9.79 Å². The van der Waals surface area contributed by atoms with Crippen LogP contribution in [-0.4, -0.2) is 47.5 Å². The molecule has 0 aliphatic carbocycles. The van der Waals surface area contributed by atoms with Gasteiger partial charge in [-0.3, -0.25) is 0 Å². The fourth-order valence-corrected chi connectivity index (χ4v) is 7.28. The van der Waals surface area contributed by atoms with E-state index in [0.29, 0.717) is 9.27 Å². The Kier molecular flexibility index (Phi) is 8.49. The van der Waals surface area contributed by atoms with Gasteiger partial charge in [-0.05, 0) is 66.8 Å². The number of rotatable bonds is 11. The van der Waals surface area contributed by atoms with Crippen molar-refractivity contribution in [3.8, 4) is 23.0 Å². The maximum absolute atomic E-state index is 13.6. The van der Waals surface area contributed by atoms with Gasteiger partial charge in [-0.2, -0.15) is 0 Å². The molecule has 0 heterocycles. The van der Waals surface area contributed by atoms with Crippen LogP contribution in [0.4, 0.5) is 0 Å². The molecule has 0 atom stereocenters. The van der Waals surface area contributed by atoms with Gasteiger partial charge in [0.1, 0.15) is 0 Å². The largest absolute Gasteiger partial charge is 0.504 e. The van der Waals surface area contributed by atoms with Crippen LogP contribution >= 0.6 is 0 Å². The third kappa shape index (κ3) is 6.10. The van der Waals surface area contributed by atoms with Crippen LogP contribution in [0, 0.1) is 0 Å². The van der Waals surface area contributed by atoms with Crippen LogP contribution < -0.4 is 0 Å². The number of hydrogen-bond acceptors (Lipinski definition) is 8. The summed E-state index contributed by atoms with van der Waals surface area (Å²) in [6, 6.07) is 12.6. The lowest BCUT2D eigenvalue weighted by Gasteiger charge is -2.22. The molecule has 0 bridgehead atoms. The standard InChI is InChI=1S/C25H29NO8S2/c1-2-3-4-5-18-6-9-20(10-7-18)35(31,32)26(15-14-19-8-12-22(27)24(29)16-19)36(33,34)21-11-13-23(28)25(30)17-21/h6-13,16-17,27-30H,2-5,14-15H2,1H3. The molecule has 0 amide bonds. The molecule has 3 aromatic carbocycles. The van der Waals surface area contributed by atoms with Crippen LogP contribution in [0.3, 0.4) is 0 Å². The van der Waals surface area contributed by atoms with Crippen LogP contribution in [-0.2, 0) is 32.9 Å². The number of phenols is 4. The first-order valence-corrected chi connectivity index (χ1v) is 14.2. The van der Waals surface area contributed by atoms with Gasteiger partial charge in [0, 0.05) is 12.6 Å². The number of sulfonamides is 2. The Morgan fingerprint density at radius 1 is 0.611 bits per heavy atom. The van der Waals surface area contributed by atoms with Gasteiger partial charge in [0.15, 0.2) is 23.0 Å². The molecule has 9 nitrogen and oxygen atoms in total. The van der Waals surface area contributed by atoms with Crippen molar-refractivity contribution in [1.29, 1.82) is 0 Å². The van der Waals surface area contributed by atoms with Gasteiger partial charge in [-0.25, -0.2) is 16.8 Å². The minimum Gasteiger partial charge on any atom is -0.504 e. The number of phenolic OH excluding ortho intramolecular Hbond substituents is 4. The topological polar surface area (TPSA) is 152 Å². The van der Waals surface area contributed by atoms with Gasteiger partial charge >= 0.3 is 0 Å². The van der Waals surface area contributed by atoms with Gasteiger partial charge in [-0.15, -0.1) is 0 Å². The SMILES string of the molecule is CCCCCc1ccc(S(=O)(=O)N(CCc2ccc(O)c(O)c2)S(=O)(=O)c2ccc(O)c(O)c2)cc1. The first-order valence-electron chi connectivity index (χ1n) is 11.4. The third-order valence-electron chi connectivity index (χ3n) is 5.69. The average Bonchev–Trinajstić information content (AvgIpc) is 2.83. The van der Waals surface area contributed by atoms with Crippen molar-refractivity contribution < 1.29 is 37.3 Å². The molecule has 194 valence electrons. The summed E-state index contributed by atoms with van der Waals surface area (Å²) >= 11 is 0. The predicted molar refractivity (Wildman–Crippen MR) is 134 cm³/mol. The Bertz CT molecular complexity index is 1420. The van der Waals surface area contributed by atoms with Crippen LogP contribution in [0.15, 0.2) is 70.5 Å². The zero-order valence-electron chi connectivity index (χ0n) is 19.7. The van der Waals surface area contributed by atoms with E-state index in [2.05, 4.69) is 6.92 Å². The van der Waals surface area contributed by atoms with Gasteiger partial charge in [0.2, 0.25) is 0 Å². The third-order valence-corrected chi connectivity index (χ3v) is 10.0. The molecule has 11 heteroatoms. The molecule has 0 saturated carbocycles. The summed E-state index contributed by atoms with van der Waals surface area (Å²) in [6.07, 6.45) is 3.70. The Balaban J connectivity index is 2.00. The summed E-state index contributed by atoms with van der Waals surface area (Å²) in [4.78, 5) is -0.743. The second kappa shape index (κ2) is 11.2. The quantitative estimate of drug-likeness (QED) is 0.213. The van der Waals surface area contributed by atoms with Crippen molar-refractivity contribution in [2.45, 2.75) is 48.8 Å². The first-order chi connectivity index (χ1) is 17.0. The molecule has 3 rings (SSSR count). The molecule has 0 fully saturated rings. The Hall–Kier alpha value is -3.28. The summed E-state index contributed by atoms with van der Waals surface area (Å²) in [5.41, 5.74) is 1.32. The second-order valence-corrected chi connectivity index (χ2v) is 12.3. The van der Waals surface area contributed by atoms with Crippen molar-refractivity contribution in [1.82, 2.24) is 3.71 Å². The highest BCUT2D eigenvalue weighted by Gasteiger charge is 2.36. The number of hydrogen-bond donors (Lipinski definition) is 4. The molecule has 0 unspecified atom stereocenters. The number of benzene rings is 3. The van der Waals surface area contributed by atoms with E-state index < -0.39 is 48.7 Å². The maximum atomic E-state index is 13.6. The smallest absolute Gasteiger partial charge is 0.256 e. The van der Waals surface area contributed by atoms with Crippen LogP contribution in [0.2, 0.25) is 0 Å². The molecule has 3 aromatic rings. The second-order valence-electron chi connectivity index (χ2n) is 8.33. The van der Waals surface area contributed by atoms with E-state index in [-0.39, 0.29) is 17.1 Å². The molecule has 0 radical (unpaired) electrons. The monoisotopic (exact) mass is 535 g/mol. The summed E-state index contributed by atoms with van der Waals surface area (Å²) in [7, 11) is -9.27. The molecule has 0 spiro atoms. The molecule has 0 saturated heterocycles. The fraction of sp³-hybridized carbons (Fsp3) is 0.280. The van der Waals surface area contributed by atoms with Crippen LogP contribution in [0.1, 0.15) is 37.3 Å². The highest BCUT2D eigenvalue weighted by Crippen LogP contribution is 2.32. The molecular weight excluding hydrogens is 506 g/mol. The highest BCUT2D eigenvalue weighted by molar-refractivity contribution is 8.04. The predicted octanol–water partition coefficient (Wildman–Crippen LogP) is 3.86. The first kappa shape index (κ1) is 27.3. The molecule has 4 N–H and O–H groups in total. The average molecular weight is 536 g/mol. The summed E-state index contributed by atoms with van der Waals surface area (Å²) in [5, 5.41) is 38.7. The van der Waals surface area contributed by atoms with Crippen LogP contribution in [0.5, 0.6) is 23.0 Å². The van der Waals surface area contributed by atoms with E-state index in [1.54, 1.807) is 12.1 Å². The minimum absolute atomic E-state index is 0.106. The number of nitrogens with zero attached hydrogens (tertiary/aromatic N) is 1. The summed E-state index contributed by atoms with van der Waals surface area (Å²) in [5.74, 6) is -2.06. The van der Waals surface area contributed by atoms with E-state index in [1.807, 2.05) is 0 Å². The Labute approximate surface area is 211 Å². The Morgan fingerprint density at radius 3 is 1.72 bits per heavy atom. The van der Waals surface area contributed by atoms with Crippen molar-refractivity contribution in [3.05, 3.63) is 71.8 Å². The lowest BCUT2D eigenvalue weighted by molar-refractivity contribution is 0.402. The van der Waals surface area contributed by atoms with E-state index in [0.717, 1.165) is 49.4 Å². The molecule has 0 aliphatic heterocycles. The highest BCUT2D eigenvalue weighted by atomic mass is 32.3. The van der Waals surface area contributed by atoms with E-state index >= 15 is 0 Å². The van der Waals surface area contributed by atoms with E-state index in [4.69, 9.17) is 0 Å². The van der Waals surface area contributed by atoms with Crippen LogP contribution in [0.25, 0.3) is 0 Å². The van der Waals surface area contributed by atoms with Gasteiger partial charge < -0.3 is 20.4 Å². The van der Waals surface area contributed by atoms with Gasteiger partial charge in [0.25, 0.3) is 20.0 Å². The summed E-state index contributed by atoms with van der Waals surface area (Å²) in [6.45, 7) is 1.56. The minimum atomic E-state index is -4.70. The number of unbranched alkanes of at least 4 members (excludes halogenated alkanes) is 2. The van der Waals surface area contributed by atoms with Crippen molar-refractivity contribution in [2.24, 2.45) is 0 Å². The number of aryl methyl sites for hydroxylation is 1. The lowest BCUT2D eigenvalue weighted by atomic mass is 10.1. The summed E-state index contributed by atoms with van der Waals surface area (Å²) < 4.78 is 54.4. The van der Waals surface area contributed by atoms with E-state index in [9.17, 15) is 37.3 Å². The fourth-order valence-electron chi connectivity index (χ4n) is 3.62. The van der Waals surface area contributed by atoms with Crippen molar-refractivity contribution in [3.63, 3.8) is 0 Å². The maximum Gasteiger partial charge on any atom is 0.256 e. The molecule has 36 heavy (non-hydrogen) atoms. The molecular formula is C25H29NO8S2. The van der Waals surface area contributed by atoms with Crippen molar-refractivity contribution >= 4 is 20.0 Å². The van der Waals surface area contributed by atoms with E-state index in [1.165, 1.54) is 30.3 Å². The normalized spacial score (nSPS) is 12.2. The Morgan fingerprint density at radius 2 is 1.14 bits per heavy atom. The lowest BCUT2D eigenvalue weighted by Crippen LogP contribution is -2.38. The molecule has 0 aliphatic rings. The number of aromatic hydroxyl groups is 4. The zero-order chi connectivity index (χ0) is 26.5. The zero-order valence-corrected chi connectivity index (χ0v) is 21.3. The van der Waals surface area contributed by atoms with Gasteiger partial charge in [-0.1, -0.05) is 41.7 Å². The molecule has 0 aromatic heterocycles.